The molecule has 2 N–H and O–H groups in total. The zero-order chi connectivity index (χ0) is 20.5. The highest BCUT2D eigenvalue weighted by Crippen LogP contribution is 2.38. The molecule has 0 spiro atoms. The van der Waals surface area contributed by atoms with Crippen molar-refractivity contribution in [3.05, 3.63) is 47.5 Å². The van der Waals surface area contributed by atoms with Gasteiger partial charge in [-0.15, -0.1) is 0 Å². The molecule has 7 heteroatoms. The summed E-state index contributed by atoms with van der Waals surface area (Å²) < 4.78 is 15.9. The minimum Gasteiger partial charge on any atom is -0.493 e. The number of hydrogen-bond donors (Lipinski definition) is 2. The zero-order valence-corrected chi connectivity index (χ0v) is 16.3. The van der Waals surface area contributed by atoms with Crippen LogP contribution in [0.15, 0.2) is 36.4 Å². The van der Waals surface area contributed by atoms with Gasteiger partial charge in [0.1, 0.15) is 0 Å². The molecule has 2 aromatic rings. The number of amides is 1. The summed E-state index contributed by atoms with van der Waals surface area (Å²) in [6.07, 6.45) is 1.35. The average molecular weight is 387 g/mol. The maximum absolute atomic E-state index is 12.2. The number of methoxy groups -OCH3 is 3. The van der Waals surface area contributed by atoms with Crippen molar-refractivity contribution in [3.63, 3.8) is 0 Å². The topological polar surface area (TPSA) is 94.1 Å². The fourth-order valence-corrected chi connectivity index (χ4v) is 2.77. The minimum atomic E-state index is -0.829. The van der Waals surface area contributed by atoms with Crippen LogP contribution < -0.4 is 19.5 Å². The smallest absolute Gasteiger partial charge is 0.303 e. The Morgan fingerprint density at radius 2 is 1.43 bits per heavy atom. The number of aliphatic carboxylic acids is 1. The third kappa shape index (κ3) is 5.90. The van der Waals surface area contributed by atoms with Gasteiger partial charge in [0.05, 0.1) is 21.3 Å². The van der Waals surface area contributed by atoms with Gasteiger partial charge < -0.3 is 24.6 Å². The third-order valence-corrected chi connectivity index (χ3v) is 4.23. The molecule has 0 radical (unpaired) electrons. The summed E-state index contributed by atoms with van der Waals surface area (Å²) in [7, 11) is 4.64. The molecule has 0 aliphatic heterocycles. The van der Waals surface area contributed by atoms with E-state index >= 15 is 0 Å². The number of ether oxygens (including phenoxy) is 3. The summed E-state index contributed by atoms with van der Waals surface area (Å²) >= 11 is 0. The average Bonchev–Trinajstić information content (AvgIpc) is 2.70. The van der Waals surface area contributed by atoms with Crippen molar-refractivity contribution in [2.45, 2.75) is 25.7 Å². The molecule has 0 atom stereocenters. The van der Waals surface area contributed by atoms with Gasteiger partial charge in [0.2, 0.25) is 11.7 Å². The van der Waals surface area contributed by atoms with Crippen LogP contribution in [0.3, 0.4) is 0 Å². The molecule has 1 amide bonds. The van der Waals surface area contributed by atoms with Crippen molar-refractivity contribution < 1.29 is 28.9 Å². The zero-order valence-electron chi connectivity index (χ0n) is 16.3. The van der Waals surface area contributed by atoms with E-state index in [4.69, 9.17) is 19.3 Å². The Bertz CT molecular complexity index is 791. The Balaban J connectivity index is 1.94. The van der Waals surface area contributed by atoms with E-state index in [0.717, 1.165) is 11.1 Å². The largest absolute Gasteiger partial charge is 0.493 e. The third-order valence-electron chi connectivity index (χ3n) is 4.23. The first-order valence-corrected chi connectivity index (χ1v) is 8.86. The number of carboxylic acids is 1. The summed E-state index contributed by atoms with van der Waals surface area (Å²) in [4.78, 5) is 22.9. The van der Waals surface area contributed by atoms with Gasteiger partial charge in [-0.05, 0) is 48.2 Å². The molecule has 2 aromatic carbocycles. The molecule has 2 rings (SSSR count). The Labute approximate surface area is 164 Å². The number of anilines is 1. The molecule has 0 saturated carbocycles. The molecule has 28 heavy (non-hydrogen) atoms. The van der Waals surface area contributed by atoms with Crippen molar-refractivity contribution in [1.29, 1.82) is 0 Å². The lowest BCUT2D eigenvalue weighted by Crippen LogP contribution is -2.12. The van der Waals surface area contributed by atoms with E-state index in [0.29, 0.717) is 42.2 Å². The fourth-order valence-electron chi connectivity index (χ4n) is 2.77. The van der Waals surface area contributed by atoms with Gasteiger partial charge in [-0.3, -0.25) is 9.59 Å². The number of carbonyl (C=O) groups excluding carboxylic acids is 1. The van der Waals surface area contributed by atoms with E-state index in [1.807, 2.05) is 24.3 Å². The van der Waals surface area contributed by atoms with E-state index in [1.54, 1.807) is 33.5 Å². The van der Waals surface area contributed by atoms with E-state index in [-0.39, 0.29) is 12.3 Å². The molecule has 0 aromatic heterocycles. The van der Waals surface area contributed by atoms with Gasteiger partial charge >= 0.3 is 5.97 Å². The normalized spacial score (nSPS) is 10.2. The van der Waals surface area contributed by atoms with Gasteiger partial charge in [0.25, 0.3) is 0 Å². The Morgan fingerprint density at radius 3 is 1.93 bits per heavy atom. The van der Waals surface area contributed by atoms with E-state index in [1.165, 1.54) is 0 Å². The first kappa shape index (κ1) is 21.1. The second-order valence-electron chi connectivity index (χ2n) is 6.17. The molecule has 0 bridgehead atoms. The molecule has 150 valence electrons. The van der Waals surface area contributed by atoms with Crippen LogP contribution >= 0.6 is 0 Å². The van der Waals surface area contributed by atoms with E-state index < -0.39 is 5.97 Å². The molecule has 7 nitrogen and oxygen atoms in total. The van der Waals surface area contributed by atoms with E-state index in [9.17, 15) is 9.59 Å². The van der Waals surface area contributed by atoms with Crippen molar-refractivity contribution >= 4 is 17.6 Å². The molecule has 0 saturated heterocycles. The van der Waals surface area contributed by atoms with E-state index in [2.05, 4.69) is 5.32 Å². The van der Waals surface area contributed by atoms with Crippen molar-refractivity contribution in [2.24, 2.45) is 0 Å². The fraction of sp³-hybridized carbons (Fsp3) is 0.333. The van der Waals surface area contributed by atoms with Crippen LogP contribution in [0.4, 0.5) is 5.69 Å². The lowest BCUT2D eigenvalue weighted by Gasteiger charge is -2.14. The number of carboxylic acid groups (broad SMARTS) is 1. The SMILES string of the molecule is COc1cc(CCC(=O)Nc2ccc(CCC(=O)O)cc2)cc(OC)c1OC. The Kier molecular flexibility index (Phi) is 7.68. The monoisotopic (exact) mass is 387 g/mol. The Morgan fingerprint density at radius 1 is 0.857 bits per heavy atom. The number of aryl methyl sites for hydroxylation is 2. The van der Waals surface area contributed by atoms with Crippen LogP contribution in [0.2, 0.25) is 0 Å². The molecule has 0 heterocycles. The molecule has 0 aliphatic carbocycles. The maximum Gasteiger partial charge on any atom is 0.303 e. The summed E-state index contributed by atoms with van der Waals surface area (Å²) in [6.45, 7) is 0. The van der Waals surface area contributed by atoms with Crippen LogP contribution in [-0.4, -0.2) is 38.3 Å². The lowest BCUT2D eigenvalue weighted by molar-refractivity contribution is -0.137. The number of rotatable bonds is 10. The molecule has 0 unspecified atom stereocenters. The first-order chi connectivity index (χ1) is 13.5. The van der Waals surface area contributed by atoms with Gasteiger partial charge in [-0.1, -0.05) is 12.1 Å². The standard InChI is InChI=1S/C21H25NO6/c1-26-17-12-15(13-18(27-2)21(17)28-3)6-10-19(23)22-16-8-4-14(5-9-16)7-11-20(24)25/h4-5,8-9,12-13H,6-7,10-11H2,1-3H3,(H,22,23)(H,24,25). The van der Waals surface area contributed by atoms with Gasteiger partial charge in [-0.2, -0.15) is 0 Å². The minimum absolute atomic E-state index is 0.0838. The summed E-state index contributed by atoms with van der Waals surface area (Å²) in [5.41, 5.74) is 2.49. The highest BCUT2D eigenvalue weighted by atomic mass is 16.5. The predicted octanol–water partition coefficient (Wildman–Crippen LogP) is 3.30. The second kappa shape index (κ2) is 10.2. The summed E-state index contributed by atoms with van der Waals surface area (Å²) in [6, 6.07) is 10.8. The van der Waals surface area contributed by atoms with Crippen molar-refractivity contribution in [1.82, 2.24) is 0 Å². The van der Waals surface area contributed by atoms with Crippen LogP contribution in [-0.2, 0) is 22.4 Å². The Hall–Kier alpha value is -3.22. The van der Waals surface area contributed by atoms with Crippen LogP contribution in [0.1, 0.15) is 24.0 Å². The number of benzene rings is 2. The van der Waals surface area contributed by atoms with Crippen LogP contribution in [0.5, 0.6) is 17.2 Å². The summed E-state index contributed by atoms with van der Waals surface area (Å²) in [5, 5.41) is 11.6. The van der Waals surface area contributed by atoms with Crippen molar-refractivity contribution in [2.75, 3.05) is 26.6 Å². The first-order valence-electron chi connectivity index (χ1n) is 8.86. The summed E-state index contributed by atoms with van der Waals surface area (Å²) in [5.74, 6) is 0.667. The quantitative estimate of drug-likeness (QED) is 0.650. The molecular weight excluding hydrogens is 362 g/mol. The van der Waals surface area contributed by atoms with Crippen molar-refractivity contribution in [3.8, 4) is 17.2 Å². The molecule has 0 fully saturated rings. The lowest BCUT2D eigenvalue weighted by atomic mass is 10.1. The second-order valence-corrected chi connectivity index (χ2v) is 6.17. The van der Waals surface area contributed by atoms with Crippen LogP contribution in [0, 0.1) is 0 Å². The number of hydrogen-bond acceptors (Lipinski definition) is 5. The number of carbonyl (C=O) groups is 2. The van der Waals surface area contributed by atoms with Gasteiger partial charge in [-0.25, -0.2) is 0 Å². The highest BCUT2D eigenvalue weighted by Gasteiger charge is 2.14. The van der Waals surface area contributed by atoms with Crippen LogP contribution in [0.25, 0.3) is 0 Å². The van der Waals surface area contributed by atoms with Gasteiger partial charge in [0.15, 0.2) is 11.5 Å². The molecular formula is C21H25NO6. The highest BCUT2D eigenvalue weighted by molar-refractivity contribution is 5.90. The molecule has 0 aliphatic rings. The number of nitrogens with one attached hydrogen (secondary N) is 1. The maximum atomic E-state index is 12.2. The van der Waals surface area contributed by atoms with Gasteiger partial charge in [0, 0.05) is 18.5 Å². The predicted molar refractivity (Wildman–Crippen MR) is 105 cm³/mol.